The van der Waals surface area contributed by atoms with E-state index in [1.54, 1.807) is 13.8 Å². The van der Waals surface area contributed by atoms with Gasteiger partial charge in [-0.1, -0.05) is 30.3 Å². The van der Waals surface area contributed by atoms with Crippen LogP contribution in [0.3, 0.4) is 0 Å². The average Bonchev–Trinajstić information content (AvgIpc) is 2.08. The van der Waals surface area contributed by atoms with E-state index in [4.69, 9.17) is 4.79 Å². The normalized spacial score (nSPS) is 9.92. The first kappa shape index (κ1) is 10.8. The van der Waals surface area contributed by atoms with Crippen LogP contribution in [0.4, 0.5) is 0 Å². The molecule has 2 heteroatoms. The first-order valence-electron chi connectivity index (χ1n) is 3.67. The molecule has 0 amide bonds. The smallest absolute Gasteiger partial charge is 0.106 e. The Morgan fingerprint density at radius 1 is 1.17 bits per heavy atom. The summed E-state index contributed by atoms with van der Waals surface area (Å²) in [6.45, 7) is 5.56. The minimum atomic E-state index is -0.707. The Bertz CT molecular complexity index is 211. The van der Waals surface area contributed by atoms with Crippen molar-refractivity contribution in [1.82, 2.24) is 0 Å². The molecule has 0 bridgehead atoms. The third kappa shape index (κ3) is 3.30. The summed E-state index contributed by atoms with van der Waals surface area (Å²) in [6, 6.07) is 9.62. The molecule has 1 rings (SSSR count). The number of rotatable bonds is 1. The van der Waals surface area contributed by atoms with Crippen molar-refractivity contribution >= 4 is 6.79 Å². The first-order valence-corrected chi connectivity index (χ1v) is 3.67. The molecule has 66 valence electrons. The molecule has 1 aromatic carbocycles. The van der Waals surface area contributed by atoms with Gasteiger partial charge in [-0.3, -0.25) is 0 Å². The van der Waals surface area contributed by atoms with Gasteiger partial charge in [0.25, 0.3) is 0 Å². The lowest BCUT2D eigenvalue weighted by atomic mass is 9.99. The molecule has 1 N–H and O–H groups in total. The number of carbonyl (C=O) groups excluding carboxylic acids is 1. The van der Waals surface area contributed by atoms with Crippen LogP contribution in [0.15, 0.2) is 30.3 Å². The van der Waals surface area contributed by atoms with E-state index in [1.807, 2.05) is 37.1 Å². The van der Waals surface area contributed by atoms with Crippen molar-refractivity contribution in [3.63, 3.8) is 0 Å². The van der Waals surface area contributed by atoms with Gasteiger partial charge in [-0.05, 0) is 19.4 Å². The zero-order chi connectivity index (χ0) is 9.61. The molecule has 2 nitrogen and oxygen atoms in total. The van der Waals surface area contributed by atoms with Crippen molar-refractivity contribution in [3.8, 4) is 0 Å². The molecule has 0 atom stereocenters. The number of aliphatic hydroxyl groups is 1. The van der Waals surface area contributed by atoms with E-state index < -0.39 is 5.60 Å². The molecule has 0 aliphatic carbocycles. The second-order valence-corrected chi connectivity index (χ2v) is 2.93. The first-order chi connectivity index (χ1) is 5.61. The van der Waals surface area contributed by atoms with Crippen LogP contribution >= 0.6 is 0 Å². The molecular formula is C10H14O2. The SMILES string of the molecule is C=O.CC(C)(O)c1ccccc1. The highest BCUT2D eigenvalue weighted by molar-refractivity contribution is 5.20. The summed E-state index contributed by atoms with van der Waals surface area (Å²) in [7, 11) is 0. The van der Waals surface area contributed by atoms with Crippen LogP contribution in [0.25, 0.3) is 0 Å². The van der Waals surface area contributed by atoms with Crippen LogP contribution < -0.4 is 0 Å². The molecule has 0 saturated heterocycles. The van der Waals surface area contributed by atoms with Crippen molar-refractivity contribution in [1.29, 1.82) is 0 Å². The quantitative estimate of drug-likeness (QED) is 0.689. The van der Waals surface area contributed by atoms with Gasteiger partial charge in [0.2, 0.25) is 0 Å². The zero-order valence-electron chi connectivity index (χ0n) is 7.45. The molecule has 1 aromatic rings. The maximum absolute atomic E-state index is 9.49. The van der Waals surface area contributed by atoms with Crippen LogP contribution in [0.1, 0.15) is 19.4 Å². The predicted octanol–water partition coefficient (Wildman–Crippen LogP) is 1.73. The number of carbonyl (C=O) groups is 1. The minimum Gasteiger partial charge on any atom is -0.386 e. The maximum atomic E-state index is 9.49. The third-order valence-electron chi connectivity index (χ3n) is 1.48. The monoisotopic (exact) mass is 166 g/mol. The van der Waals surface area contributed by atoms with Gasteiger partial charge < -0.3 is 9.90 Å². The predicted molar refractivity (Wildman–Crippen MR) is 48.8 cm³/mol. The molecule has 0 unspecified atom stereocenters. The highest BCUT2D eigenvalue weighted by Crippen LogP contribution is 2.17. The molecule has 12 heavy (non-hydrogen) atoms. The van der Waals surface area contributed by atoms with Crippen LogP contribution in [0.2, 0.25) is 0 Å². The van der Waals surface area contributed by atoms with Gasteiger partial charge in [0.1, 0.15) is 6.79 Å². The second kappa shape index (κ2) is 4.67. The highest BCUT2D eigenvalue weighted by Gasteiger charge is 2.13. The van der Waals surface area contributed by atoms with Gasteiger partial charge in [0.15, 0.2) is 0 Å². The lowest BCUT2D eigenvalue weighted by molar-refractivity contribution is -0.0979. The van der Waals surface area contributed by atoms with E-state index in [0.29, 0.717) is 0 Å². The zero-order valence-corrected chi connectivity index (χ0v) is 7.45. The average molecular weight is 166 g/mol. The summed E-state index contributed by atoms with van der Waals surface area (Å²) in [5.41, 5.74) is 0.247. The van der Waals surface area contributed by atoms with Crippen molar-refractivity contribution in [2.45, 2.75) is 19.4 Å². The van der Waals surface area contributed by atoms with Crippen molar-refractivity contribution in [2.24, 2.45) is 0 Å². The summed E-state index contributed by atoms with van der Waals surface area (Å²) >= 11 is 0. The Morgan fingerprint density at radius 3 is 1.83 bits per heavy atom. The molecule has 0 aliphatic heterocycles. The Morgan fingerprint density at radius 2 is 1.58 bits per heavy atom. The largest absolute Gasteiger partial charge is 0.386 e. The molecule has 0 radical (unpaired) electrons. The van der Waals surface area contributed by atoms with E-state index in [9.17, 15) is 5.11 Å². The van der Waals surface area contributed by atoms with Crippen molar-refractivity contribution in [3.05, 3.63) is 35.9 Å². The van der Waals surface area contributed by atoms with E-state index in [-0.39, 0.29) is 0 Å². The Balaban J connectivity index is 0.000000561. The fraction of sp³-hybridized carbons (Fsp3) is 0.300. The molecule has 0 aromatic heterocycles. The topological polar surface area (TPSA) is 37.3 Å². The number of hydrogen-bond acceptors (Lipinski definition) is 2. The fourth-order valence-corrected chi connectivity index (χ4v) is 0.846. The highest BCUT2D eigenvalue weighted by atomic mass is 16.3. The lowest BCUT2D eigenvalue weighted by Crippen LogP contribution is -2.14. The summed E-state index contributed by atoms with van der Waals surface area (Å²) in [5, 5.41) is 9.49. The van der Waals surface area contributed by atoms with E-state index in [2.05, 4.69) is 0 Å². The van der Waals surface area contributed by atoms with Gasteiger partial charge in [-0.2, -0.15) is 0 Å². The van der Waals surface area contributed by atoms with E-state index in [1.165, 1.54) is 0 Å². The molecular weight excluding hydrogens is 152 g/mol. The number of benzene rings is 1. The molecule has 0 spiro atoms. The Kier molecular flexibility index (Phi) is 4.22. The Hall–Kier alpha value is -1.15. The van der Waals surface area contributed by atoms with Gasteiger partial charge in [0, 0.05) is 0 Å². The summed E-state index contributed by atoms with van der Waals surface area (Å²) in [5.74, 6) is 0. The van der Waals surface area contributed by atoms with E-state index >= 15 is 0 Å². The minimum absolute atomic E-state index is 0.707. The standard InChI is InChI=1S/C9H12O.CH2O/c1-9(2,10)8-6-4-3-5-7-8;1-2/h3-7,10H,1-2H3;1H2. The van der Waals surface area contributed by atoms with E-state index in [0.717, 1.165) is 5.56 Å². The fourth-order valence-electron chi connectivity index (χ4n) is 0.846. The molecule has 0 heterocycles. The summed E-state index contributed by atoms with van der Waals surface area (Å²) in [4.78, 5) is 8.00. The van der Waals surface area contributed by atoms with Gasteiger partial charge >= 0.3 is 0 Å². The van der Waals surface area contributed by atoms with Crippen LogP contribution in [-0.4, -0.2) is 11.9 Å². The van der Waals surface area contributed by atoms with Gasteiger partial charge in [0.05, 0.1) is 5.60 Å². The molecule has 0 fully saturated rings. The third-order valence-corrected chi connectivity index (χ3v) is 1.48. The molecule has 0 aliphatic rings. The summed E-state index contributed by atoms with van der Waals surface area (Å²) in [6.07, 6.45) is 0. The van der Waals surface area contributed by atoms with Gasteiger partial charge in [-0.25, -0.2) is 0 Å². The summed E-state index contributed by atoms with van der Waals surface area (Å²) < 4.78 is 0. The van der Waals surface area contributed by atoms with Crippen molar-refractivity contribution < 1.29 is 9.90 Å². The van der Waals surface area contributed by atoms with Crippen LogP contribution in [0.5, 0.6) is 0 Å². The Labute approximate surface area is 72.9 Å². The maximum Gasteiger partial charge on any atom is 0.106 e. The lowest BCUT2D eigenvalue weighted by Gasteiger charge is -2.16. The molecule has 0 saturated carbocycles. The van der Waals surface area contributed by atoms with Crippen LogP contribution in [-0.2, 0) is 10.4 Å². The second-order valence-electron chi connectivity index (χ2n) is 2.93. The number of hydrogen-bond donors (Lipinski definition) is 1. The van der Waals surface area contributed by atoms with Crippen molar-refractivity contribution in [2.75, 3.05) is 0 Å². The van der Waals surface area contributed by atoms with Gasteiger partial charge in [-0.15, -0.1) is 0 Å². The van der Waals surface area contributed by atoms with Crippen LogP contribution in [0, 0.1) is 0 Å².